The van der Waals surface area contributed by atoms with Gasteiger partial charge in [-0.3, -0.25) is 9.59 Å². The molecule has 0 amide bonds. The molecule has 0 fully saturated rings. The molecule has 14 heavy (non-hydrogen) atoms. The Morgan fingerprint density at radius 2 is 1.71 bits per heavy atom. The molecule has 1 aromatic rings. The van der Waals surface area contributed by atoms with Crippen LogP contribution in [-0.4, -0.2) is 19.1 Å². The average Bonchev–Trinajstić information content (AvgIpc) is 2.27. The van der Waals surface area contributed by atoms with E-state index in [9.17, 15) is 9.59 Å². The van der Waals surface area contributed by atoms with Crippen molar-refractivity contribution in [1.82, 2.24) is 5.32 Å². The Balaban J connectivity index is 2.54. The molecule has 3 heteroatoms. The lowest BCUT2D eigenvalue weighted by molar-refractivity contribution is 0.109. The molecule has 1 aliphatic rings. The molecule has 1 heterocycles. The van der Waals surface area contributed by atoms with Gasteiger partial charge in [0.05, 0.1) is 0 Å². The van der Waals surface area contributed by atoms with Crippen molar-refractivity contribution in [2.45, 2.75) is 13.0 Å². The van der Waals surface area contributed by atoms with Crippen LogP contribution >= 0.6 is 0 Å². The van der Waals surface area contributed by atoms with Crippen LogP contribution in [-0.2, 0) is 13.0 Å². The van der Waals surface area contributed by atoms with Gasteiger partial charge in [0.15, 0.2) is 12.6 Å². The van der Waals surface area contributed by atoms with E-state index in [0.29, 0.717) is 11.1 Å². The van der Waals surface area contributed by atoms with E-state index in [-0.39, 0.29) is 0 Å². The Morgan fingerprint density at radius 1 is 1.07 bits per heavy atom. The summed E-state index contributed by atoms with van der Waals surface area (Å²) in [5.74, 6) is 0. The van der Waals surface area contributed by atoms with Gasteiger partial charge in [-0.2, -0.15) is 0 Å². The van der Waals surface area contributed by atoms with Crippen LogP contribution in [0.15, 0.2) is 12.1 Å². The second-order valence-electron chi connectivity index (χ2n) is 3.41. The number of nitrogens with one attached hydrogen (secondary N) is 1. The topological polar surface area (TPSA) is 46.2 Å². The van der Waals surface area contributed by atoms with Crippen molar-refractivity contribution in [3.05, 3.63) is 34.4 Å². The second kappa shape index (κ2) is 3.72. The zero-order chi connectivity index (χ0) is 9.97. The van der Waals surface area contributed by atoms with E-state index in [2.05, 4.69) is 5.32 Å². The maximum Gasteiger partial charge on any atom is 0.150 e. The quantitative estimate of drug-likeness (QED) is 0.705. The summed E-state index contributed by atoms with van der Waals surface area (Å²) in [5, 5.41) is 3.23. The SMILES string of the molecule is O=Cc1cc2c(cc1C=O)CNCC2. The molecule has 1 aliphatic heterocycles. The Labute approximate surface area is 82.1 Å². The summed E-state index contributed by atoms with van der Waals surface area (Å²) < 4.78 is 0. The van der Waals surface area contributed by atoms with Crippen LogP contribution in [0.2, 0.25) is 0 Å². The van der Waals surface area contributed by atoms with Crippen molar-refractivity contribution < 1.29 is 9.59 Å². The highest BCUT2D eigenvalue weighted by Gasteiger charge is 2.11. The lowest BCUT2D eigenvalue weighted by atomic mass is 9.95. The summed E-state index contributed by atoms with van der Waals surface area (Å²) in [6.45, 7) is 1.72. The lowest BCUT2D eigenvalue weighted by Crippen LogP contribution is -2.24. The van der Waals surface area contributed by atoms with Gasteiger partial charge in [0, 0.05) is 17.7 Å². The zero-order valence-corrected chi connectivity index (χ0v) is 7.75. The highest BCUT2D eigenvalue weighted by Crippen LogP contribution is 2.18. The first kappa shape index (κ1) is 9.09. The molecule has 0 radical (unpaired) electrons. The van der Waals surface area contributed by atoms with Gasteiger partial charge in [-0.15, -0.1) is 0 Å². The minimum absolute atomic E-state index is 0.488. The molecule has 0 saturated carbocycles. The molecular formula is C11H11NO2. The Bertz CT molecular complexity index is 348. The second-order valence-corrected chi connectivity index (χ2v) is 3.41. The predicted octanol–water partition coefficient (Wildman–Crippen LogP) is 0.957. The van der Waals surface area contributed by atoms with Crippen LogP contribution < -0.4 is 5.32 Å². The van der Waals surface area contributed by atoms with Crippen molar-refractivity contribution >= 4 is 12.6 Å². The van der Waals surface area contributed by atoms with Crippen LogP contribution in [0.5, 0.6) is 0 Å². The third kappa shape index (κ3) is 1.46. The molecule has 0 aromatic heterocycles. The van der Waals surface area contributed by atoms with E-state index in [4.69, 9.17) is 0 Å². The molecule has 1 N–H and O–H groups in total. The van der Waals surface area contributed by atoms with E-state index in [1.54, 1.807) is 6.07 Å². The largest absolute Gasteiger partial charge is 0.312 e. The third-order valence-electron chi connectivity index (χ3n) is 2.55. The number of hydrogen-bond donors (Lipinski definition) is 1. The number of carbonyl (C=O) groups excluding carboxylic acids is 2. The van der Waals surface area contributed by atoms with E-state index >= 15 is 0 Å². The molecule has 0 aliphatic carbocycles. The van der Waals surface area contributed by atoms with Crippen LogP contribution in [0.4, 0.5) is 0 Å². The molecule has 0 bridgehead atoms. The maximum absolute atomic E-state index is 10.7. The predicted molar refractivity (Wildman–Crippen MR) is 52.6 cm³/mol. The fourth-order valence-electron chi connectivity index (χ4n) is 1.78. The summed E-state index contributed by atoms with van der Waals surface area (Å²) >= 11 is 0. The number of aldehydes is 2. The summed E-state index contributed by atoms with van der Waals surface area (Å²) in [6.07, 6.45) is 2.40. The van der Waals surface area contributed by atoms with Crippen molar-refractivity contribution in [1.29, 1.82) is 0 Å². The Hall–Kier alpha value is -1.48. The monoisotopic (exact) mass is 189 g/mol. The first-order valence-electron chi connectivity index (χ1n) is 4.62. The van der Waals surface area contributed by atoms with Crippen molar-refractivity contribution in [3.8, 4) is 0 Å². The van der Waals surface area contributed by atoms with Crippen LogP contribution in [0.25, 0.3) is 0 Å². The molecule has 0 atom stereocenters. The number of benzene rings is 1. The zero-order valence-electron chi connectivity index (χ0n) is 7.75. The highest BCUT2D eigenvalue weighted by molar-refractivity contribution is 5.90. The minimum Gasteiger partial charge on any atom is -0.312 e. The van der Waals surface area contributed by atoms with Gasteiger partial charge in [-0.25, -0.2) is 0 Å². The normalized spacial score (nSPS) is 14.6. The molecule has 0 unspecified atom stereocenters. The average molecular weight is 189 g/mol. The van der Waals surface area contributed by atoms with Crippen LogP contribution in [0, 0.1) is 0 Å². The summed E-state index contributed by atoms with van der Waals surface area (Å²) in [4.78, 5) is 21.4. The molecule has 0 saturated heterocycles. The highest BCUT2D eigenvalue weighted by atomic mass is 16.1. The Morgan fingerprint density at radius 3 is 2.36 bits per heavy atom. The summed E-state index contributed by atoms with van der Waals surface area (Å²) in [5.41, 5.74) is 3.29. The third-order valence-corrected chi connectivity index (χ3v) is 2.55. The fraction of sp³-hybridized carbons (Fsp3) is 0.273. The number of carbonyl (C=O) groups is 2. The molecular weight excluding hydrogens is 178 g/mol. The van der Waals surface area contributed by atoms with Crippen molar-refractivity contribution in [2.24, 2.45) is 0 Å². The van der Waals surface area contributed by atoms with Crippen molar-refractivity contribution in [3.63, 3.8) is 0 Å². The number of fused-ring (bicyclic) bond motifs is 1. The summed E-state index contributed by atoms with van der Waals surface area (Å²) in [7, 11) is 0. The molecule has 72 valence electrons. The van der Waals surface area contributed by atoms with Gasteiger partial charge in [0.25, 0.3) is 0 Å². The number of rotatable bonds is 2. The fourth-order valence-corrected chi connectivity index (χ4v) is 1.78. The van der Waals surface area contributed by atoms with Crippen LogP contribution in [0.3, 0.4) is 0 Å². The van der Waals surface area contributed by atoms with Gasteiger partial charge in [-0.1, -0.05) is 0 Å². The Kier molecular flexibility index (Phi) is 2.41. The molecule has 1 aromatic carbocycles. The van der Waals surface area contributed by atoms with E-state index in [1.807, 2.05) is 6.07 Å². The van der Waals surface area contributed by atoms with Gasteiger partial charge < -0.3 is 5.32 Å². The smallest absolute Gasteiger partial charge is 0.150 e. The first-order valence-corrected chi connectivity index (χ1v) is 4.62. The van der Waals surface area contributed by atoms with Gasteiger partial charge in [-0.05, 0) is 36.2 Å². The van der Waals surface area contributed by atoms with Gasteiger partial charge in [0.1, 0.15) is 0 Å². The maximum atomic E-state index is 10.7. The first-order chi connectivity index (χ1) is 6.85. The van der Waals surface area contributed by atoms with E-state index in [0.717, 1.165) is 37.6 Å². The molecule has 0 spiro atoms. The molecule has 2 rings (SSSR count). The van der Waals surface area contributed by atoms with Gasteiger partial charge in [0.2, 0.25) is 0 Å². The van der Waals surface area contributed by atoms with E-state index < -0.39 is 0 Å². The summed E-state index contributed by atoms with van der Waals surface area (Å²) in [6, 6.07) is 3.63. The molecule has 3 nitrogen and oxygen atoms in total. The van der Waals surface area contributed by atoms with Crippen molar-refractivity contribution in [2.75, 3.05) is 6.54 Å². The minimum atomic E-state index is 0.488. The van der Waals surface area contributed by atoms with Gasteiger partial charge >= 0.3 is 0 Å². The number of hydrogen-bond acceptors (Lipinski definition) is 3. The standard InChI is InChI=1S/C11H11NO2/c13-6-10-3-8-1-2-12-5-9(8)4-11(10)7-14/h3-4,6-7,12H,1-2,5H2. The van der Waals surface area contributed by atoms with Crippen LogP contribution in [0.1, 0.15) is 31.8 Å². The van der Waals surface area contributed by atoms with E-state index in [1.165, 1.54) is 5.56 Å². The lowest BCUT2D eigenvalue weighted by Gasteiger charge is -2.17.